The lowest BCUT2D eigenvalue weighted by Crippen LogP contribution is -2.37. The van der Waals surface area contributed by atoms with Gasteiger partial charge in [0.2, 0.25) is 27.6 Å². The molecule has 2 aliphatic rings. The molecule has 2 fully saturated rings. The molecule has 9 nitrogen and oxygen atoms in total. The Labute approximate surface area is 224 Å². The van der Waals surface area contributed by atoms with Crippen molar-refractivity contribution in [2.24, 2.45) is 5.92 Å². The maximum Gasteiger partial charge on any atom is 0.243 e. The standard InChI is InChI=1S/C28H35N5O4S/c1-21-6-8-22(9-7-21)27-30-26(37-31-27)20-32-18-14-23(15-19-32)28(34)29-24-10-12-25(13-11-24)38(35,36)33-16-4-2-3-5-17-33/h6-13,23H,2-5,14-20H2,1H3,(H,29,34). The number of rotatable bonds is 7. The average Bonchev–Trinajstić information content (AvgIpc) is 3.20. The Kier molecular flexibility index (Phi) is 8.21. The number of carbonyl (C=O) groups is 1. The molecular formula is C28H35N5O4S. The number of aryl methyl sites for hydroxylation is 1. The van der Waals surface area contributed by atoms with Gasteiger partial charge in [0.1, 0.15) is 0 Å². The van der Waals surface area contributed by atoms with E-state index in [-0.39, 0.29) is 16.7 Å². The number of hydrogen-bond acceptors (Lipinski definition) is 7. The van der Waals surface area contributed by atoms with Crippen molar-refractivity contribution in [1.82, 2.24) is 19.3 Å². The Bertz CT molecular complexity index is 1320. The van der Waals surface area contributed by atoms with Crippen LogP contribution >= 0.6 is 0 Å². The van der Waals surface area contributed by atoms with Crippen molar-refractivity contribution in [2.45, 2.75) is 56.9 Å². The van der Waals surface area contributed by atoms with Crippen molar-refractivity contribution >= 4 is 21.6 Å². The van der Waals surface area contributed by atoms with Gasteiger partial charge in [-0.05, 0) is 70.0 Å². The lowest BCUT2D eigenvalue weighted by atomic mass is 9.96. The number of sulfonamides is 1. The van der Waals surface area contributed by atoms with Gasteiger partial charge < -0.3 is 9.84 Å². The smallest absolute Gasteiger partial charge is 0.243 e. The molecule has 1 amide bonds. The zero-order valence-electron chi connectivity index (χ0n) is 21.8. The van der Waals surface area contributed by atoms with Crippen LogP contribution in [0.2, 0.25) is 0 Å². The first-order valence-electron chi connectivity index (χ1n) is 13.4. The van der Waals surface area contributed by atoms with Crippen molar-refractivity contribution in [2.75, 3.05) is 31.5 Å². The van der Waals surface area contributed by atoms with Crippen LogP contribution in [0, 0.1) is 12.8 Å². The lowest BCUT2D eigenvalue weighted by molar-refractivity contribution is -0.121. The zero-order valence-corrected chi connectivity index (χ0v) is 22.6. The summed E-state index contributed by atoms with van der Waals surface area (Å²) in [6.45, 7) is 5.25. The SMILES string of the molecule is Cc1ccc(-c2noc(CN3CCC(C(=O)Nc4ccc(S(=O)(=O)N5CCCCCC5)cc4)CC3)n2)cc1. The lowest BCUT2D eigenvalue weighted by Gasteiger charge is -2.30. The highest BCUT2D eigenvalue weighted by molar-refractivity contribution is 7.89. The summed E-state index contributed by atoms with van der Waals surface area (Å²) in [4.78, 5) is 19.9. The van der Waals surface area contributed by atoms with E-state index in [1.165, 1.54) is 5.56 Å². The maximum atomic E-state index is 13.0. The summed E-state index contributed by atoms with van der Waals surface area (Å²) in [5.74, 6) is 1.02. The van der Waals surface area contributed by atoms with Crippen molar-refractivity contribution in [3.05, 3.63) is 60.0 Å². The third-order valence-electron chi connectivity index (χ3n) is 7.42. The average molecular weight is 538 g/mol. The quantitative estimate of drug-likeness (QED) is 0.474. The fourth-order valence-corrected chi connectivity index (χ4v) is 6.59. The number of likely N-dealkylation sites (tertiary alicyclic amines) is 1. The molecule has 0 atom stereocenters. The van der Waals surface area contributed by atoms with Crippen LogP contribution in [0.3, 0.4) is 0 Å². The predicted octanol–water partition coefficient (Wildman–Crippen LogP) is 4.46. The van der Waals surface area contributed by atoms with Crippen LogP contribution in [0.25, 0.3) is 11.4 Å². The molecule has 202 valence electrons. The highest BCUT2D eigenvalue weighted by Gasteiger charge is 2.27. The number of anilines is 1. The second-order valence-electron chi connectivity index (χ2n) is 10.3. The van der Waals surface area contributed by atoms with Gasteiger partial charge in [-0.25, -0.2) is 8.42 Å². The number of nitrogens with zero attached hydrogens (tertiary/aromatic N) is 4. The molecule has 0 unspecified atom stereocenters. The number of nitrogens with one attached hydrogen (secondary N) is 1. The Balaban J connectivity index is 1.11. The number of carbonyl (C=O) groups excluding carboxylic acids is 1. The van der Waals surface area contributed by atoms with E-state index in [1.54, 1.807) is 28.6 Å². The Morgan fingerprint density at radius 1 is 0.947 bits per heavy atom. The summed E-state index contributed by atoms with van der Waals surface area (Å²) in [5, 5.41) is 7.07. The van der Waals surface area contributed by atoms with E-state index >= 15 is 0 Å². The van der Waals surface area contributed by atoms with Gasteiger partial charge in [-0.3, -0.25) is 9.69 Å². The van der Waals surface area contributed by atoms with E-state index in [0.717, 1.165) is 57.2 Å². The first kappa shape index (κ1) is 26.5. The van der Waals surface area contributed by atoms with Gasteiger partial charge in [-0.15, -0.1) is 0 Å². The molecule has 10 heteroatoms. The summed E-state index contributed by atoms with van der Waals surface area (Å²) in [6, 6.07) is 14.5. The summed E-state index contributed by atoms with van der Waals surface area (Å²) in [6.07, 6.45) is 5.40. The molecule has 3 aromatic rings. The van der Waals surface area contributed by atoms with Crippen LogP contribution in [0.1, 0.15) is 50.0 Å². The third-order valence-corrected chi connectivity index (χ3v) is 9.33. The topological polar surface area (TPSA) is 109 Å². The molecule has 0 bridgehead atoms. The van der Waals surface area contributed by atoms with Gasteiger partial charge in [-0.1, -0.05) is 47.8 Å². The van der Waals surface area contributed by atoms with E-state index in [2.05, 4.69) is 20.4 Å². The van der Waals surface area contributed by atoms with E-state index in [1.807, 2.05) is 31.2 Å². The van der Waals surface area contributed by atoms with Gasteiger partial charge in [0.15, 0.2) is 0 Å². The first-order valence-corrected chi connectivity index (χ1v) is 14.9. The highest BCUT2D eigenvalue weighted by atomic mass is 32.2. The molecule has 5 rings (SSSR count). The van der Waals surface area contributed by atoms with Gasteiger partial charge in [-0.2, -0.15) is 9.29 Å². The molecule has 0 saturated carbocycles. The van der Waals surface area contributed by atoms with Crippen molar-refractivity contribution in [3.8, 4) is 11.4 Å². The zero-order chi connectivity index (χ0) is 26.5. The van der Waals surface area contributed by atoms with Crippen LogP contribution in [0.5, 0.6) is 0 Å². The van der Waals surface area contributed by atoms with Crippen molar-refractivity contribution in [3.63, 3.8) is 0 Å². The van der Waals surface area contributed by atoms with Gasteiger partial charge in [0.25, 0.3) is 0 Å². The number of amides is 1. The van der Waals surface area contributed by atoms with E-state index in [9.17, 15) is 13.2 Å². The molecular weight excluding hydrogens is 502 g/mol. The third kappa shape index (κ3) is 6.31. The van der Waals surface area contributed by atoms with E-state index in [4.69, 9.17) is 4.52 Å². The molecule has 2 aromatic carbocycles. The fraction of sp³-hybridized carbons (Fsp3) is 0.464. The van der Waals surface area contributed by atoms with E-state index in [0.29, 0.717) is 37.0 Å². The molecule has 1 N–H and O–H groups in total. The first-order chi connectivity index (χ1) is 18.4. The summed E-state index contributed by atoms with van der Waals surface area (Å²) in [7, 11) is -3.50. The molecule has 3 heterocycles. The molecule has 38 heavy (non-hydrogen) atoms. The van der Waals surface area contributed by atoms with Crippen LogP contribution in [0.4, 0.5) is 5.69 Å². The Morgan fingerprint density at radius 2 is 1.61 bits per heavy atom. The molecule has 2 saturated heterocycles. The van der Waals surface area contributed by atoms with Crippen LogP contribution in [-0.4, -0.2) is 59.8 Å². The maximum absolute atomic E-state index is 13.0. The number of aromatic nitrogens is 2. The monoisotopic (exact) mass is 537 g/mol. The minimum Gasteiger partial charge on any atom is -0.338 e. The summed E-state index contributed by atoms with van der Waals surface area (Å²) in [5.41, 5.74) is 2.72. The minimum atomic E-state index is -3.50. The number of hydrogen-bond donors (Lipinski definition) is 1. The normalized spacial score (nSPS) is 18.2. The van der Waals surface area contributed by atoms with Gasteiger partial charge in [0, 0.05) is 30.3 Å². The number of benzene rings is 2. The van der Waals surface area contributed by atoms with Gasteiger partial charge in [0.05, 0.1) is 11.4 Å². The molecule has 0 aliphatic carbocycles. The Hall–Kier alpha value is -3.08. The summed E-state index contributed by atoms with van der Waals surface area (Å²) >= 11 is 0. The second-order valence-corrected chi connectivity index (χ2v) is 12.2. The van der Waals surface area contributed by atoms with Crippen LogP contribution < -0.4 is 5.32 Å². The van der Waals surface area contributed by atoms with Crippen LogP contribution in [0.15, 0.2) is 57.9 Å². The van der Waals surface area contributed by atoms with Gasteiger partial charge >= 0.3 is 0 Å². The Morgan fingerprint density at radius 3 is 2.26 bits per heavy atom. The van der Waals surface area contributed by atoms with Crippen molar-refractivity contribution in [1.29, 1.82) is 0 Å². The van der Waals surface area contributed by atoms with Crippen molar-refractivity contribution < 1.29 is 17.7 Å². The number of piperidine rings is 1. The second kappa shape index (κ2) is 11.8. The summed E-state index contributed by atoms with van der Waals surface area (Å²) < 4.78 is 33.0. The molecule has 2 aliphatic heterocycles. The minimum absolute atomic E-state index is 0.0350. The molecule has 1 aromatic heterocycles. The van der Waals surface area contributed by atoms with E-state index < -0.39 is 10.0 Å². The predicted molar refractivity (Wildman–Crippen MR) is 145 cm³/mol. The largest absolute Gasteiger partial charge is 0.338 e. The molecule has 0 spiro atoms. The molecule has 0 radical (unpaired) electrons. The van der Waals surface area contributed by atoms with Crippen LogP contribution in [-0.2, 0) is 21.4 Å². The fourth-order valence-electron chi connectivity index (χ4n) is 5.07. The highest BCUT2D eigenvalue weighted by Crippen LogP contribution is 2.24.